The minimum atomic E-state index is -0.592. The summed E-state index contributed by atoms with van der Waals surface area (Å²) in [6.45, 7) is 2.48. The molecule has 21 heavy (non-hydrogen) atoms. The van der Waals surface area contributed by atoms with Crippen molar-refractivity contribution >= 4 is 28.9 Å². The van der Waals surface area contributed by atoms with Crippen LogP contribution in [0.5, 0.6) is 0 Å². The van der Waals surface area contributed by atoms with Gasteiger partial charge in [0.25, 0.3) is 5.91 Å². The SMILES string of the molecule is Cc1cc2c(cc1N)N(C(=O)c1cccc(F)c1Cl)CC2. The van der Waals surface area contributed by atoms with E-state index in [0.717, 1.165) is 23.2 Å². The first-order valence-electron chi connectivity index (χ1n) is 6.64. The Hall–Kier alpha value is -2.07. The van der Waals surface area contributed by atoms with Crippen molar-refractivity contribution in [3.05, 3.63) is 57.9 Å². The predicted octanol–water partition coefficient (Wildman–Crippen LogP) is 3.57. The second-order valence-electron chi connectivity index (χ2n) is 5.15. The summed E-state index contributed by atoms with van der Waals surface area (Å²) >= 11 is 5.90. The van der Waals surface area contributed by atoms with Gasteiger partial charge in [-0.2, -0.15) is 0 Å². The molecule has 0 unspecified atom stereocenters. The number of nitrogen functional groups attached to an aromatic ring is 1. The zero-order valence-electron chi connectivity index (χ0n) is 11.5. The minimum absolute atomic E-state index is 0.143. The smallest absolute Gasteiger partial charge is 0.259 e. The van der Waals surface area contributed by atoms with Gasteiger partial charge in [-0.1, -0.05) is 23.7 Å². The molecule has 0 aromatic heterocycles. The molecule has 0 fully saturated rings. The predicted molar refractivity (Wildman–Crippen MR) is 82.4 cm³/mol. The molecule has 0 aliphatic carbocycles. The molecule has 0 bridgehead atoms. The van der Waals surface area contributed by atoms with Gasteiger partial charge in [0.2, 0.25) is 0 Å². The molecule has 3 rings (SSSR count). The Morgan fingerprint density at radius 3 is 2.90 bits per heavy atom. The van der Waals surface area contributed by atoms with Crippen molar-refractivity contribution in [3.63, 3.8) is 0 Å². The van der Waals surface area contributed by atoms with Crippen molar-refractivity contribution in [2.24, 2.45) is 0 Å². The molecule has 2 aromatic rings. The molecule has 0 saturated heterocycles. The van der Waals surface area contributed by atoms with E-state index in [2.05, 4.69) is 0 Å². The second-order valence-corrected chi connectivity index (χ2v) is 5.52. The highest BCUT2D eigenvalue weighted by Gasteiger charge is 2.28. The molecule has 1 aliphatic heterocycles. The van der Waals surface area contributed by atoms with Crippen molar-refractivity contribution in [2.75, 3.05) is 17.2 Å². The summed E-state index contributed by atoms with van der Waals surface area (Å²) in [5, 5.41) is -0.143. The lowest BCUT2D eigenvalue weighted by Gasteiger charge is -2.19. The summed E-state index contributed by atoms with van der Waals surface area (Å²) in [7, 11) is 0. The van der Waals surface area contributed by atoms with Crippen LogP contribution in [0.1, 0.15) is 21.5 Å². The highest BCUT2D eigenvalue weighted by molar-refractivity contribution is 6.34. The Balaban J connectivity index is 2.03. The molecule has 1 aliphatic rings. The largest absolute Gasteiger partial charge is 0.398 e. The van der Waals surface area contributed by atoms with E-state index in [1.807, 2.05) is 13.0 Å². The van der Waals surface area contributed by atoms with Crippen molar-refractivity contribution < 1.29 is 9.18 Å². The van der Waals surface area contributed by atoms with Crippen LogP contribution in [0.25, 0.3) is 0 Å². The third kappa shape index (κ3) is 2.25. The topological polar surface area (TPSA) is 46.3 Å². The van der Waals surface area contributed by atoms with Crippen LogP contribution in [0, 0.1) is 12.7 Å². The Labute approximate surface area is 127 Å². The summed E-state index contributed by atoms with van der Waals surface area (Å²) in [4.78, 5) is 14.2. The van der Waals surface area contributed by atoms with Gasteiger partial charge < -0.3 is 10.6 Å². The Morgan fingerprint density at radius 1 is 1.38 bits per heavy atom. The van der Waals surface area contributed by atoms with Crippen LogP contribution in [0.3, 0.4) is 0 Å². The van der Waals surface area contributed by atoms with E-state index in [0.29, 0.717) is 12.2 Å². The van der Waals surface area contributed by atoms with E-state index in [1.165, 1.54) is 18.2 Å². The number of anilines is 2. The van der Waals surface area contributed by atoms with Gasteiger partial charge in [0.1, 0.15) is 5.82 Å². The number of fused-ring (bicyclic) bond motifs is 1. The first-order valence-corrected chi connectivity index (χ1v) is 7.01. The number of nitrogens with zero attached hydrogens (tertiary/aromatic N) is 1. The molecular weight excluding hydrogens is 291 g/mol. The summed E-state index contributed by atoms with van der Waals surface area (Å²) < 4.78 is 13.5. The number of benzene rings is 2. The van der Waals surface area contributed by atoms with E-state index >= 15 is 0 Å². The van der Waals surface area contributed by atoms with Crippen LogP contribution in [0.2, 0.25) is 5.02 Å². The van der Waals surface area contributed by atoms with Gasteiger partial charge in [0.05, 0.1) is 10.6 Å². The summed E-state index contributed by atoms with van der Waals surface area (Å²) in [5.41, 5.74) is 9.58. The van der Waals surface area contributed by atoms with Crippen molar-refractivity contribution in [2.45, 2.75) is 13.3 Å². The number of amides is 1. The number of carbonyl (C=O) groups is 1. The molecule has 108 valence electrons. The van der Waals surface area contributed by atoms with Crippen LogP contribution in [-0.2, 0) is 6.42 Å². The standard InChI is InChI=1S/C16H14ClFN2O/c1-9-7-10-5-6-20(14(10)8-13(9)19)16(21)11-3-2-4-12(18)15(11)17/h2-4,7-8H,5-6,19H2,1H3. The van der Waals surface area contributed by atoms with Gasteiger partial charge >= 0.3 is 0 Å². The van der Waals surface area contributed by atoms with Crippen molar-refractivity contribution in [3.8, 4) is 0 Å². The maximum Gasteiger partial charge on any atom is 0.259 e. The van der Waals surface area contributed by atoms with Crippen molar-refractivity contribution in [1.82, 2.24) is 0 Å². The molecule has 5 heteroatoms. The highest BCUT2D eigenvalue weighted by Crippen LogP contribution is 2.34. The molecule has 0 atom stereocenters. The normalized spacial score (nSPS) is 13.4. The molecular formula is C16H14ClFN2O. The first-order chi connectivity index (χ1) is 9.99. The molecule has 0 saturated carbocycles. The quantitative estimate of drug-likeness (QED) is 0.819. The van der Waals surface area contributed by atoms with E-state index in [1.54, 1.807) is 11.0 Å². The lowest BCUT2D eigenvalue weighted by Crippen LogP contribution is -2.29. The van der Waals surface area contributed by atoms with Gasteiger partial charge in [-0.25, -0.2) is 4.39 Å². The Kier molecular flexibility index (Phi) is 3.33. The van der Waals surface area contributed by atoms with Gasteiger partial charge in [0.15, 0.2) is 0 Å². The van der Waals surface area contributed by atoms with Gasteiger partial charge in [-0.15, -0.1) is 0 Å². The summed E-state index contributed by atoms with van der Waals surface area (Å²) in [6, 6.07) is 8.03. The van der Waals surface area contributed by atoms with Gasteiger partial charge in [-0.05, 0) is 42.7 Å². The van der Waals surface area contributed by atoms with Crippen LogP contribution < -0.4 is 10.6 Å². The number of hydrogen-bond donors (Lipinski definition) is 1. The van der Waals surface area contributed by atoms with E-state index in [-0.39, 0.29) is 16.5 Å². The fourth-order valence-corrected chi connectivity index (χ4v) is 2.81. The zero-order valence-corrected chi connectivity index (χ0v) is 12.2. The van der Waals surface area contributed by atoms with Crippen LogP contribution in [0.15, 0.2) is 30.3 Å². The number of carbonyl (C=O) groups excluding carboxylic acids is 1. The fourth-order valence-electron chi connectivity index (χ4n) is 2.60. The van der Waals surface area contributed by atoms with Crippen LogP contribution >= 0.6 is 11.6 Å². The monoisotopic (exact) mass is 304 g/mol. The maximum absolute atomic E-state index is 13.5. The Bertz CT molecular complexity index is 745. The van der Waals surface area contributed by atoms with Gasteiger partial charge in [0, 0.05) is 17.9 Å². The molecule has 0 spiro atoms. The number of nitrogens with two attached hydrogens (primary N) is 1. The van der Waals surface area contributed by atoms with Crippen molar-refractivity contribution in [1.29, 1.82) is 0 Å². The van der Waals surface area contributed by atoms with Crippen LogP contribution in [-0.4, -0.2) is 12.5 Å². The zero-order chi connectivity index (χ0) is 15.1. The average molecular weight is 305 g/mol. The summed E-state index contributed by atoms with van der Waals surface area (Å²) in [6.07, 6.45) is 0.759. The third-order valence-corrected chi connectivity index (χ3v) is 4.17. The number of rotatable bonds is 1. The molecule has 3 nitrogen and oxygen atoms in total. The van der Waals surface area contributed by atoms with E-state index < -0.39 is 5.82 Å². The summed E-state index contributed by atoms with van der Waals surface area (Å²) in [5.74, 6) is -0.896. The fraction of sp³-hybridized carbons (Fsp3) is 0.188. The molecule has 0 radical (unpaired) electrons. The minimum Gasteiger partial charge on any atom is -0.398 e. The van der Waals surface area contributed by atoms with E-state index in [4.69, 9.17) is 17.3 Å². The number of halogens is 2. The second kappa shape index (κ2) is 5.04. The van der Waals surface area contributed by atoms with Gasteiger partial charge in [-0.3, -0.25) is 4.79 Å². The third-order valence-electron chi connectivity index (χ3n) is 3.79. The molecule has 1 heterocycles. The highest BCUT2D eigenvalue weighted by atomic mass is 35.5. The number of hydrogen-bond acceptors (Lipinski definition) is 2. The van der Waals surface area contributed by atoms with Crippen LogP contribution in [0.4, 0.5) is 15.8 Å². The maximum atomic E-state index is 13.5. The Morgan fingerprint density at radius 2 is 2.14 bits per heavy atom. The lowest BCUT2D eigenvalue weighted by atomic mass is 10.1. The molecule has 2 N–H and O–H groups in total. The number of aryl methyl sites for hydroxylation is 1. The lowest BCUT2D eigenvalue weighted by molar-refractivity contribution is 0.0989. The molecule has 2 aromatic carbocycles. The van der Waals surface area contributed by atoms with E-state index in [9.17, 15) is 9.18 Å². The average Bonchev–Trinajstić information content (AvgIpc) is 2.84. The molecule has 1 amide bonds. The first kappa shape index (κ1) is 13.9.